The summed E-state index contributed by atoms with van der Waals surface area (Å²) in [6.45, 7) is 3.77. The van der Waals surface area contributed by atoms with Crippen LogP contribution in [0.4, 0.5) is 4.39 Å². The third kappa shape index (κ3) is 3.92. The fourth-order valence-electron chi connectivity index (χ4n) is 4.04. The van der Waals surface area contributed by atoms with Gasteiger partial charge >= 0.3 is 0 Å². The summed E-state index contributed by atoms with van der Waals surface area (Å²) in [6, 6.07) is 12.9. The van der Waals surface area contributed by atoms with Crippen LogP contribution in [0.5, 0.6) is 0 Å². The zero-order chi connectivity index (χ0) is 20.5. The number of benzene rings is 2. The quantitative estimate of drug-likeness (QED) is 0.694. The van der Waals surface area contributed by atoms with Crippen LogP contribution in [0.3, 0.4) is 0 Å². The molecule has 4 rings (SSSR count). The van der Waals surface area contributed by atoms with E-state index in [4.69, 9.17) is 11.6 Å². The number of halogens is 2. The lowest BCUT2D eigenvalue weighted by Gasteiger charge is -2.33. The minimum atomic E-state index is -0.351. The maximum absolute atomic E-state index is 13.3. The van der Waals surface area contributed by atoms with Gasteiger partial charge in [-0.1, -0.05) is 42.8 Å². The van der Waals surface area contributed by atoms with Gasteiger partial charge in [0.25, 0.3) is 11.8 Å². The first-order valence-electron chi connectivity index (χ1n) is 9.80. The molecular weight excluding hydrogens is 391 g/mol. The molecule has 29 heavy (non-hydrogen) atoms. The van der Waals surface area contributed by atoms with Crippen molar-refractivity contribution in [3.05, 3.63) is 76.2 Å². The molecule has 0 aliphatic carbocycles. The van der Waals surface area contributed by atoms with Crippen LogP contribution in [0.2, 0.25) is 5.02 Å². The fraction of sp³-hybridized carbons (Fsp3) is 0.304. The number of amides is 2. The topological polar surface area (TPSA) is 40.6 Å². The molecule has 2 heterocycles. The zero-order valence-corrected chi connectivity index (χ0v) is 17.0. The Hall–Kier alpha value is -2.66. The Morgan fingerprint density at radius 3 is 2.38 bits per heavy atom. The van der Waals surface area contributed by atoms with Gasteiger partial charge in [0.05, 0.1) is 12.1 Å². The summed E-state index contributed by atoms with van der Waals surface area (Å²) in [5.74, 6) is -0.513. The predicted molar refractivity (Wildman–Crippen MR) is 110 cm³/mol. The first-order chi connectivity index (χ1) is 13.9. The maximum Gasteiger partial charge on any atom is 0.278 e. The predicted octanol–water partition coefficient (Wildman–Crippen LogP) is 4.49. The molecule has 6 heteroatoms. The van der Waals surface area contributed by atoms with Crippen molar-refractivity contribution in [2.24, 2.45) is 5.92 Å². The maximum atomic E-state index is 13.3. The van der Waals surface area contributed by atoms with Gasteiger partial charge < -0.3 is 4.90 Å². The highest BCUT2D eigenvalue weighted by Crippen LogP contribution is 2.35. The van der Waals surface area contributed by atoms with Crippen molar-refractivity contribution in [3.63, 3.8) is 0 Å². The van der Waals surface area contributed by atoms with E-state index in [1.807, 2.05) is 4.90 Å². The summed E-state index contributed by atoms with van der Waals surface area (Å²) in [5, 5.41) is 0.572. The normalized spacial score (nSPS) is 20.0. The Morgan fingerprint density at radius 2 is 1.72 bits per heavy atom. The molecule has 0 radical (unpaired) electrons. The Balaban J connectivity index is 1.72. The monoisotopic (exact) mass is 412 g/mol. The van der Waals surface area contributed by atoms with Crippen LogP contribution in [0.25, 0.3) is 5.57 Å². The van der Waals surface area contributed by atoms with Crippen molar-refractivity contribution in [2.75, 3.05) is 13.1 Å². The SMILES string of the molecule is CC1CCCN(C2=C(c3ccc(Cl)cc3)C(=O)N(Cc3ccc(F)cc3)C2=O)C1. The van der Waals surface area contributed by atoms with Crippen molar-refractivity contribution < 1.29 is 14.0 Å². The average Bonchev–Trinajstić information content (AvgIpc) is 2.95. The molecule has 0 saturated carbocycles. The molecular formula is C23H22ClFN2O2. The number of piperidine rings is 1. The van der Waals surface area contributed by atoms with Gasteiger partial charge in [-0.2, -0.15) is 0 Å². The summed E-state index contributed by atoms with van der Waals surface area (Å²) in [5.41, 5.74) is 2.27. The summed E-state index contributed by atoms with van der Waals surface area (Å²) in [6.07, 6.45) is 2.10. The molecule has 1 fully saturated rings. The number of likely N-dealkylation sites (tertiary alicyclic amines) is 1. The van der Waals surface area contributed by atoms with Crippen LogP contribution in [0, 0.1) is 11.7 Å². The van der Waals surface area contributed by atoms with Crippen LogP contribution >= 0.6 is 11.6 Å². The molecule has 0 spiro atoms. The highest BCUT2D eigenvalue weighted by molar-refractivity contribution is 6.35. The Morgan fingerprint density at radius 1 is 1.03 bits per heavy atom. The molecule has 2 aromatic carbocycles. The number of carbonyl (C=O) groups is 2. The van der Waals surface area contributed by atoms with E-state index in [0.717, 1.165) is 25.9 Å². The van der Waals surface area contributed by atoms with Crippen molar-refractivity contribution in [2.45, 2.75) is 26.3 Å². The van der Waals surface area contributed by atoms with Crippen molar-refractivity contribution in [1.29, 1.82) is 0 Å². The van der Waals surface area contributed by atoms with Crippen LogP contribution in [-0.2, 0) is 16.1 Å². The van der Waals surface area contributed by atoms with E-state index >= 15 is 0 Å². The van der Waals surface area contributed by atoms with Crippen LogP contribution in [0.1, 0.15) is 30.9 Å². The number of carbonyl (C=O) groups excluding carboxylic acids is 2. The minimum absolute atomic E-state index is 0.113. The molecule has 1 saturated heterocycles. The van der Waals surface area contributed by atoms with Gasteiger partial charge in [-0.25, -0.2) is 4.39 Å². The number of hydrogen-bond donors (Lipinski definition) is 0. The molecule has 2 aliphatic rings. The van der Waals surface area contributed by atoms with Crippen LogP contribution < -0.4 is 0 Å². The Labute approximate surface area is 174 Å². The second-order valence-electron chi connectivity index (χ2n) is 7.75. The molecule has 2 aliphatic heterocycles. The van der Waals surface area contributed by atoms with Crippen LogP contribution in [-0.4, -0.2) is 34.7 Å². The molecule has 0 aromatic heterocycles. The Kier molecular flexibility index (Phi) is 5.41. The van der Waals surface area contributed by atoms with Gasteiger partial charge in [0.2, 0.25) is 0 Å². The lowest BCUT2D eigenvalue weighted by molar-refractivity contribution is -0.138. The molecule has 2 amide bonds. The summed E-state index contributed by atoms with van der Waals surface area (Å²) >= 11 is 6.02. The van der Waals surface area contributed by atoms with E-state index in [1.54, 1.807) is 36.4 Å². The lowest BCUT2D eigenvalue weighted by Crippen LogP contribution is -2.39. The van der Waals surface area contributed by atoms with Gasteiger partial charge in [0.1, 0.15) is 11.5 Å². The van der Waals surface area contributed by atoms with Gasteiger partial charge in [-0.3, -0.25) is 14.5 Å². The number of rotatable bonds is 4. The molecule has 4 nitrogen and oxygen atoms in total. The van der Waals surface area contributed by atoms with Crippen molar-refractivity contribution >= 4 is 29.0 Å². The third-order valence-electron chi connectivity index (χ3n) is 5.50. The third-order valence-corrected chi connectivity index (χ3v) is 5.76. The molecule has 2 aromatic rings. The molecule has 0 bridgehead atoms. The first-order valence-corrected chi connectivity index (χ1v) is 10.2. The van der Waals surface area contributed by atoms with Gasteiger partial charge in [-0.05, 0) is 54.2 Å². The number of nitrogens with zero attached hydrogens (tertiary/aromatic N) is 2. The second-order valence-corrected chi connectivity index (χ2v) is 8.18. The summed E-state index contributed by atoms with van der Waals surface area (Å²) < 4.78 is 13.2. The number of hydrogen-bond acceptors (Lipinski definition) is 3. The molecule has 150 valence electrons. The molecule has 1 unspecified atom stereocenters. The van der Waals surface area contributed by atoms with Crippen molar-refractivity contribution in [3.8, 4) is 0 Å². The fourth-order valence-corrected chi connectivity index (χ4v) is 4.17. The van der Waals surface area contributed by atoms with E-state index in [1.165, 1.54) is 17.0 Å². The second kappa shape index (κ2) is 7.99. The van der Waals surface area contributed by atoms with E-state index in [9.17, 15) is 14.0 Å². The van der Waals surface area contributed by atoms with Gasteiger partial charge in [0.15, 0.2) is 0 Å². The molecule has 0 N–H and O–H groups in total. The van der Waals surface area contributed by atoms with Gasteiger partial charge in [-0.15, -0.1) is 0 Å². The standard InChI is InChI=1S/C23H22ClFN2O2/c1-15-3-2-12-26(13-15)21-20(17-6-8-18(24)9-7-17)22(28)27(23(21)29)14-16-4-10-19(25)11-5-16/h4-11,15H,2-3,12-14H2,1H3. The minimum Gasteiger partial charge on any atom is -0.366 e. The first kappa shape index (κ1) is 19.6. The highest BCUT2D eigenvalue weighted by Gasteiger charge is 2.42. The van der Waals surface area contributed by atoms with E-state index in [0.29, 0.717) is 33.3 Å². The average molecular weight is 413 g/mol. The highest BCUT2D eigenvalue weighted by atomic mass is 35.5. The number of imide groups is 1. The summed E-state index contributed by atoms with van der Waals surface area (Å²) in [7, 11) is 0. The summed E-state index contributed by atoms with van der Waals surface area (Å²) in [4.78, 5) is 30.0. The zero-order valence-electron chi connectivity index (χ0n) is 16.2. The van der Waals surface area contributed by atoms with E-state index < -0.39 is 0 Å². The van der Waals surface area contributed by atoms with Gasteiger partial charge in [0, 0.05) is 18.1 Å². The smallest absolute Gasteiger partial charge is 0.278 e. The Bertz CT molecular complexity index is 969. The van der Waals surface area contributed by atoms with E-state index in [2.05, 4.69) is 6.92 Å². The van der Waals surface area contributed by atoms with Crippen molar-refractivity contribution in [1.82, 2.24) is 9.80 Å². The lowest BCUT2D eigenvalue weighted by atomic mass is 9.98. The largest absolute Gasteiger partial charge is 0.366 e. The van der Waals surface area contributed by atoms with Crippen LogP contribution in [0.15, 0.2) is 54.2 Å². The molecule has 1 atom stereocenters. The van der Waals surface area contributed by atoms with E-state index in [-0.39, 0.29) is 24.2 Å².